The predicted molar refractivity (Wildman–Crippen MR) is 121 cm³/mol. The van der Waals surface area contributed by atoms with E-state index in [9.17, 15) is 9.59 Å². The van der Waals surface area contributed by atoms with Crippen LogP contribution in [0.15, 0.2) is 59.8 Å². The van der Waals surface area contributed by atoms with Gasteiger partial charge in [-0.2, -0.15) is 0 Å². The standard InChI is InChI=1S/C27H34O4/c1-17-9-7-13-26(5,15-17)30-23(28)21-19-11-12-20(25(19,3)4)22(21)24(29)31-27(6)14-8-10-18(2)16-27/h7-12,15-16,19-22H,13-14H2,1-6H3. The Labute approximate surface area is 185 Å². The Balaban J connectivity index is 1.59. The summed E-state index contributed by atoms with van der Waals surface area (Å²) in [5.74, 6) is -1.72. The van der Waals surface area contributed by atoms with E-state index < -0.39 is 23.0 Å². The van der Waals surface area contributed by atoms with Gasteiger partial charge in [-0.3, -0.25) is 9.59 Å². The molecule has 4 heteroatoms. The van der Waals surface area contributed by atoms with E-state index in [1.54, 1.807) is 0 Å². The molecule has 4 aliphatic rings. The molecule has 4 aliphatic carbocycles. The third kappa shape index (κ3) is 3.86. The molecule has 4 nitrogen and oxygen atoms in total. The lowest BCUT2D eigenvalue weighted by molar-refractivity contribution is -0.172. The number of fused-ring (bicyclic) bond motifs is 2. The van der Waals surface area contributed by atoms with E-state index >= 15 is 0 Å². The Morgan fingerprint density at radius 1 is 0.774 bits per heavy atom. The highest BCUT2D eigenvalue weighted by Gasteiger charge is 2.63. The van der Waals surface area contributed by atoms with Crippen LogP contribution in [0.4, 0.5) is 0 Å². The molecule has 1 saturated carbocycles. The second-order valence-electron chi connectivity index (χ2n) is 10.8. The van der Waals surface area contributed by atoms with Crippen LogP contribution in [-0.2, 0) is 19.1 Å². The molecular formula is C27H34O4. The average molecular weight is 423 g/mol. The normalized spacial score (nSPS) is 39.8. The minimum atomic E-state index is -0.681. The molecular weight excluding hydrogens is 388 g/mol. The molecule has 0 radical (unpaired) electrons. The van der Waals surface area contributed by atoms with Crippen molar-refractivity contribution < 1.29 is 19.1 Å². The maximum atomic E-state index is 13.5. The third-order valence-corrected chi connectivity index (χ3v) is 7.49. The van der Waals surface area contributed by atoms with E-state index in [0.29, 0.717) is 12.8 Å². The molecule has 0 N–H and O–H groups in total. The van der Waals surface area contributed by atoms with Crippen LogP contribution in [-0.4, -0.2) is 23.1 Å². The van der Waals surface area contributed by atoms with E-state index in [0.717, 1.165) is 11.1 Å². The summed E-state index contributed by atoms with van der Waals surface area (Å²) in [7, 11) is 0. The van der Waals surface area contributed by atoms with Gasteiger partial charge in [0.2, 0.25) is 0 Å². The van der Waals surface area contributed by atoms with Gasteiger partial charge < -0.3 is 9.47 Å². The first-order chi connectivity index (χ1) is 14.4. The maximum absolute atomic E-state index is 13.5. The van der Waals surface area contributed by atoms with Crippen LogP contribution in [0.5, 0.6) is 0 Å². The van der Waals surface area contributed by atoms with Gasteiger partial charge in [0.25, 0.3) is 0 Å². The number of allylic oxidation sites excluding steroid dienone is 6. The first-order valence-electron chi connectivity index (χ1n) is 11.3. The highest BCUT2D eigenvalue weighted by molar-refractivity contribution is 5.85. The number of carbonyl (C=O) groups is 2. The number of hydrogen-bond acceptors (Lipinski definition) is 4. The molecule has 4 rings (SSSR count). The van der Waals surface area contributed by atoms with Crippen molar-refractivity contribution in [2.75, 3.05) is 0 Å². The molecule has 1 fully saturated rings. The lowest BCUT2D eigenvalue weighted by atomic mass is 9.79. The SMILES string of the molecule is CC1=CC(C)(OC(=O)C2C(C(=O)OC3(C)C=C(C)C=CC3)C3C=CC2C3(C)C)CC=C1. The van der Waals surface area contributed by atoms with Crippen molar-refractivity contribution in [2.24, 2.45) is 29.1 Å². The Morgan fingerprint density at radius 3 is 1.52 bits per heavy atom. The van der Waals surface area contributed by atoms with Gasteiger partial charge in [-0.05, 0) is 57.1 Å². The van der Waals surface area contributed by atoms with Crippen LogP contribution in [0.1, 0.15) is 54.4 Å². The fraction of sp³-hybridized carbons (Fsp3) is 0.556. The van der Waals surface area contributed by atoms with Gasteiger partial charge in [0, 0.05) is 12.8 Å². The molecule has 0 aromatic carbocycles. The molecule has 0 saturated heterocycles. The predicted octanol–water partition coefficient (Wildman–Crippen LogP) is 5.48. The van der Waals surface area contributed by atoms with Crippen LogP contribution >= 0.6 is 0 Å². The summed E-state index contributed by atoms with van der Waals surface area (Å²) in [5.41, 5.74) is 0.600. The molecule has 166 valence electrons. The molecule has 6 atom stereocenters. The molecule has 31 heavy (non-hydrogen) atoms. The number of esters is 2. The van der Waals surface area contributed by atoms with Crippen molar-refractivity contribution in [3.8, 4) is 0 Å². The van der Waals surface area contributed by atoms with Crippen molar-refractivity contribution in [1.82, 2.24) is 0 Å². The third-order valence-electron chi connectivity index (χ3n) is 7.49. The Bertz CT molecular complexity index is 872. The van der Waals surface area contributed by atoms with E-state index in [1.165, 1.54) is 0 Å². The zero-order valence-corrected chi connectivity index (χ0v) is 19.5. The zero-order valence-electron chi connectivity index (χ0n) is 19.5. The highest BCUT2D eigenvalue weighted by Crippen LogP contribution is 2.60. The molecule has 0 heterocycles. The second-order valence-corrected chi connectivity index (χ2v) is 10.8. The minimum absolute atomic E-state index is 0.0355. The van der Waals surface area contributed by atoms with Crippen LogP contribution < -0.4 is 0 Å². The Hall–Kier alpha value is -2.36. The van der Waals surface area contributed by atoms with Crippen molar-refractivity contribution in [3.05, 3.63) is 59.8 Å². The summed E-state index contributed by atoms with van der Waals surface area (Å²) in [5, 5.41) is 0. The first kappa shape index (κ1) is 21.9. The van der Waals surface area contributed by atoms with Crippen molar-refractivity contribution in [2.45, 2.75) is 65.6 Å². The van der Waals surface area contributed by atoms with Crippen LogP contribution in [0.25, 0.3) is 0 Å². The number of ether oxygens (including phenoxy) is 2. The fourth-order valence-electron chi connectivity index (χ4n) is 6.03. The molecule has 0 aliphatic heterocycles. The molecule has 0 aromatic rings. The van der Waals surface area contributed by atoms with Crippen molar-refractivity contribution in [1.29, 1.82) is 0 Å². The highest BCUT2D eigenvalue weighted by atomic mass is 16.6. The fourth-order valence-corrected chi connectivity index (χ4v) is 6.03. The van der Waals surface area contributed by atoms with E-state index in [2.05, 4.69) is 26.0 Å². The van der Waals surface area contributed by atoms with Gasteiger partial charge in [0.15, 0.2) is 0 Å². The largest absolute Gasteiger partial charge is 0.455 e. The van der Waals surface area contributed by atoms with Gasteiger partial charge in [-0.15, -0.1) is 0 Å². The molecule has 0 amide bonds. The first-order valence-corrected chi connectivity index (χ1v) is 11.3. The van der Waals surface area contributed by atoms with Gasteiger partial charge >= 0.3 is 11.9 Å². The summed E-state index contributed by atoms with van der Waals surface area (Å²) in [6.45, 7) is 12.1. The topological polar surface area (TPSA) is 52.6 Å². The van der Waals surface area contributed by atoms with Crippen LogP contribution in [0, 0.1) is 29.1 Å². The lowest BCUT2D eigenvalue weighted by Gasteiger charge is -2.34. The summed E-state index contributed by atoms with van der Waals surface area (Å²) in [6.07, 6.45) is 17.6. The quantitative estimate of drug-likeness (QED) is 0.445. The van der Waals surface area contributed by atoms with Gasteiger partial charge in [-0.25, -0.2) is 0 Å². The smallest absolute Gasteiger partial charge is 0.311 e. The maximum Gasteiger partial charge on any atom is 0.311 e. The Kier molecular flexibility index (Phi) is 5.19. The van der Waals surface area contributed by atoms with Gasteiger partial charge in [0.05, 0.1) is 11.8 Å². The van der Waals surface area contributed by atoms with E-state index in [4.69, 9.17) is 9.47 Å². The number of hydrogen-bond donors (Lipinski definition) is 0. The van der Waals surface area contributed by atoms with Crippen molar-refractivity contribution >= 4 is 11.9 Å². The monoisotopic (exact) mass is 422 g/mol. The molecule has 2 bridgehead atoms. The van der Waals surface area contributed by atoms with E-state index in [1.807, 2.05) is 64.2 Å². The molecule has 6 unspecified atom stereocenters. The van der Waals surface area contributed by atoms with Crippen LogP contribution in [0.3, 0.4) is 0 Å². The summed E-state index contributed by atoms with van der Waals surface area (Å²) in [4.78, 5) is 27.0. The number of carbonyl (C=O) groups excluding carboxylic acids is 2. The molecule has 0 spiro atoms. The van der Waals surface area contributed by atoms with Crippen molar-refractivity contribution in [3.63, 3.8) is 0 Å². The minimum Gasteiger partial charge on any atom is -0.455 e. The Morgan fingerprint density at radius 2 is 1.16 bits per heavy atom. The van der Waals surface area contributed by atoms with Crippen LogP contribution in [0.2, 0.25) is 0 Å². The molecule has 0 aromatic heterocycles. The van der Waals surface area contributed by atoms with Gasteiger partial charge in [0.1, 0.15) is 11.2 Å². The summed E-state index contributed by atoms with van der Waals surface area (Å²) >= 11 is 0. The average Bonchev–Trinajstić information content (AvgIpc) is 3.05. The zero-order chi connectivity index (χ0) is 22.6. The lowest BCUT2D eigenvalue weighted by Crippen LogP contribution is -2.42. The van der Waals surface area contributed by atoms with E-state index in [-0.39, 0.29) is 29.2 Å². The van der Waals surface area contributed by atoms with Gasteiger partial charge in [-0.1, -0.05) is 61.4 Å². The second kappa shape index (κ2) is 7.36. The summed E-state index contributed by atoms with van der Waals surface area (Å²) < 4.78 is 12.1. The number of rotatable bonds is 4. The summed E-state index contributed by atoms with van der Waals surface area (Å²) in [6, 6.07) is 0.